The van der Waals surface area contributed by atoms with E-state index in [1.807, 2.05) is 4.98 Å². The minimum absolute atomic E-state index is 0.494. The molecule has 0 spiro atoms. The fourth-order valence-electron chi connectivity index (χ4n) is 1.53. The fourth-order valence-corrected chi connectivity index (χ4v) is 1.53. The highest BCUT2D eigenvalue weighted by Crippen LogP contribution is 2.23. The van der Waals surface area contributed by atoms with Gasteiger partial charge in [-0.15, -0.1) is 0 Å². The first-order valence-corrected chi connectivity index (χ1v) is 4.62. The first-order valence-electron chi connectivity index (χ1n) is 4.62. The summed E-state index contributed by atoms with van der Waals surface area (Å²) in [4.78, 5) is 37.1. The summed E-state index contributed by atoms with van der Waals surface area (Å²) in [5.41, 5.74) is -4.22. The monoisotopic (exact) mass is 262 g/mol. The summed E-state index contributed by atoms with van der Waals surface area (Å²) in [5, 5.41) is -0.494. The quantitative estimate of drug-likeness (QED) is 0.771. The Labute approximate surface area is 95.1 Å². The number of H-pyrrole nitrogens is 2. The van der Waals surface area contributed by atoms with Gasteiger partial charge in [0.15, 0.2) is 0 Å². The molecule has 96 valence electrons. The van der Waals surface area contributed by atoms with E-state index in [0.29, 0.717) is 6.07 Å². The number of halogens is 3. The Kier molecular flexibility index (Phi) is 2.60. The van der Waals surface area contributed by atoms with Crippen LogP contribution in [0.3, 0.4) is 0 Å². The molecular weight excluding hydrogens is 257 g/mol. The van der Waals surface area contributed by atoms with Crippen molar-refractivity contribution in [1.29, 1.82) is 0 Å². The van der Waals surface area contributed by atoms with E-state index in [2.05, 4.69) is 4.42 Å². The lowest BCUT2D eigenvalue weighted by Gasteiger charge is -2.07. The van der Waals surface area contributed by atoms with Crippen LogP contribution in [0.4, 0.5) is 13.2 Å². The molecule has 0 amide bonds. The number of fused-ring (bicyclic) bond motifs is 1. The van der Waals surface area contributed by atoms with Gasteiger partial charge in [-0.3, -0.25) is 14.8 Å². The van der Waals surface area contributed by atoms with E-state index < -0.39 is 46.1 Å². The van der Waals surface area contributed by atoms with Gasteiger partial charge in [0, 0.05) is 6.07 Å². The lowest BCUT2D eigenvalue weighted by atomic mass is 10.1. The molecule has 18 heavy (non-hydrogen) atoms. The Morgan fingerprint density at radius 1 is 1.17 bits per heavy atom. The molecule has 2 rings (SSSR count). The molecule has 9 heteroatoms. The Morgan fingerprint density at radius 3 is 2.44 bits per heavy atom. The Hall–Kier alpha value is -2.32. The summed E-state index contributed by atoms with van der Waals surface area (Å²) >= 11 is 0. The van der Waals surface area contributed by atoms with Crippen LogP contribution in [0.2, 0.25) is 0 Å². The van der Waals surface area contributed by atoms with E-state index in [4.69, 9.17) is 0 Å². The average Bonchev–Trinajstić information content (AvgIpc) is 2.11. The first-order chi connectivity index (χ1) is 8.26. The number of alkyl halides is 3. The summed E-state index contributed by atoms with van der Waals surface area (Å²) < 4.78 is 41.4. The smallest absolute Gasteiger partial charge is 0.393 e. The van der Waals surface area contributed by atoms with Crippen molar-refractivity contribution in [2.24, 2.45) is 0 Å². The van der Waals surface area contributed by atoms with Crippen molar-refractivity contribution in [3.63, 3.8) is 0 Å². The molecule has 0 fully saturated rings. The van der Waals surface area contributed by atoms with Gasteiger partial charge in [-0.2, -0.15) is 13.2 Å². The van der Waals surface area contributed by atoms with Gasteiger partial charge in [-0.25, -0.2) is 9.59 Å². The maximum Gasteiger partial charge on any atom is 0.393 e. The van der Waals surface area contributed by atoms with E-state index in [1.54, 1.807) is 4.98 Å². The van der Waals surface area contributed by atoms with Crippen LogP contribution >= 0.6 is 0 Å². The van der Waals surface area contributed by atoms with Crippen molar-refractivity contribution >= 4 is 11.1 Å². The summed E-state index contributed by atoms with van der Waals surface area (Å²) in [6.07, 6.45) is -6.06. The van der Waals surface area contributed by atoms with Crippen molar-refractivity contribution in [1.82, 2.24) is 9.97 Å². The predicted molar refractivity (Wildman–Crippen MR) is 53.5 cm³/mol. The van der Waals surface area contributed by atoms with Crippen LogP contribution in [-0.4, -0.2) is 16.1 Å². The molecule has 0 bridgehead atoms. The molecule has 6 nitrogen and oxygen atoms in total. The van der Waals surface area contributed by atoms with Gasteiger partial charge in [-0.1, -0.05) is 0 Å². The van der Waals surface area contributed by atoms with Crippen LogP contribution in [0.15, 0.2) is 24.9 Å². The number of hydrogen-bond donors (Lipinski definition) is 2. The minimum atomic E-state index is -4.59. The van der Waals surface area contributed by atoms with Gasteiger partial charge in [0.1, 0.15) is 5.39 Å². The Bertz CT molecular complexity index is 763. The van der Waals surface area contributed by atoms with Crippen molar-refractivity contribution in [3.8, 4) is 0 Å². The number of aromatic nitrogens is 2. The minimum Gasteiger partial charge on any atom is -0.405 e. The lowest BCUT2D eigenvalue weighted by molar-refractivity contribution is -0.127. The predicted octanol–water partition coefficient (Wildman–Crippen LogP) is 0.274. The van der Waals surface area contributed by atoms with Crippen molar-refractivity contribution in [3.05, 3.63) is 42.9 Å². The second-order valence-corrected chi connectivity index (χ2v) is 3.50. The average molecular weight is 262 g/mol. The third kappa shape index (κ3) is 2.34. The molecule has 2 aromatic heterocycles. The van der Waals surface area contributed by atoms with E-state index in [9.17, 15) is 27.6 Å². The summed E-state index contributed by atoms with van der Waals surface area (Å²) in [6, 6.07) is 0.573. The number of rotatable bonds is 1. The van der Waals surface area contributed by atoms with Crippen molar-refractivity contribution < 1.29 is 17.6 Å². The highest BCUT2D eigenvalue weighted by molar-refractivity contribution is 5.75. The number of aromatic amines is 2. The maximum atomic E-state index is 12.3. The topological polar surface area (TPSA) is 95.9 Å². The SMILES string of the molecule is O=c1[nH]c(=O)c2c(CC(F)(F)F)cc(=O)oc2[nH]1. The molecular formula is C9H5F3N2O4. The van der Waals surface area contributed by atoms with Gasteiger partial charge in [0.05, 0.1) is 6.42 Å². The van der Waals surface area contributed by atoms with E-state index in [0.717, 1.165) is 0 Å². The third-order valence-electron chi connectivity index (χ3n) is 2.11. The third-order valence-corrected chi connectivity index (χ3v) is 2.11. The van der Waals surface area contributed by atoms with Gasteiger partial charge in [0.2, 0.25) is 5.71 Å². The molecule has 0 saturated carbocycles. The van der Waals surface area contributed by atoms with Crippen LogP contribution < -0.4 is 16.9 Å². The van der Waals surface area contributed by atoms with Gasteiger partial charge < -0.3 is 4.42 Å². The molecule has 2 heterocycles. The zero-order valence-electron chi connectivity index (χ0n) is 8.55. The highest BCUT2D eigenvalue weighted by Gasteiger charge is 2.30. The van der Waals surface area contributed by atoms with Crippen molar-refractivity contribution in [2.75, 3.05) is 0 Å². The molecule has 2 N–H and O–H groups in total. The van der Waals surface area contributed by atoms with Crippen LogP contribution in [0.1, 0.15) is 5.56 Å². The maximum absolute atomic E-state index is 12.3. The second-order valence-electron chi connectivity index (χ2n) is 3.50. The Balaban J connectivity index is 2.85. The van der Waals surface area contributed by atoms with E-state index >= 15 is 0 Å². The highest BCUT2D eigenvalue weighted by atomic mass is 19.4. The van der Waals surface area contributed by atoms with Crippen LogP contribution in [-0.2, 0) is 6.42 Å². The first kappa shape index (κ1) is 12.1. The zero-order valence-corrected chi connectivity index (χ0v) is 8.55. The number of nitrogens with one attached hydrogen (secondary N) is 2. The normalized spacial score (nSPS) is 11.9. The molecule has 0 aliphatic rings. The van der Waals surface area contributed by atoms with Gasteiger partial charge in [0.25, 0.3) is 5.56 Å². The van der Waals surface area contributed by atoms with E-state index in [1.165, 1.54) is 0 Å². The molecule has 0 saturated heterocycles. The molecule has 0 radical (unpaired) electrons. The molecule has 0 unspecified atom stereocenters. The molecule has 2 aromatic rings. The summed E-state index contributed by atoms with van der Waals surface area (Å²) in [7, 11) is 0. The summed E-state index contributed by atoms with van der Waals surface area (Å²) in [6.45, 7) is 0. The van der Waals surface area contributed by atoms with Crippen LogP contribution in [0.5, 0.6) is 0 Å². The van der Waals surface area contributed by atoms with Crippen LogP contribution in [0, 0.1) is 0 Å². The van der Waals surface area contributed by atoms with E-state index in [-0.39, 0.29) is 0 Å². The summed E-state index contributed by atoms with van der Waals surface area (Å²) in [5.74, 6) is 0. The lowest BCUT2D eigenvalue weighted by Crippen LogP contribution is -2.25. The van der Waals surface area contributed by atoms with Crippen molar-refractivity contribution in [2.45, 2.75) is 12.6 Å². The Morgan fingerprint density at radius 2 is 1.83 bits per heavy atom. The van der Waals surface area contributed by atoms with Gasteiger partial charge in [-0.05, 0) is 5.56 Å². The number of hydrogen-bond acceptors (Lipinski definition) is 4. The van der Waals surface area contributed by atoms with Crippen LogP contribution in [0.25, 0.3) is 11.1 Å². The standard InChI is InChI=1S/C9H5F3N2O4/c10-9(11,12)2-3-1-4(15)18-7-5(3)6(16)13-8(17)14-7/h1H,2H2,(H2,13,14,16,17). The second kappa shape index (κ2) is 3.86. The van der Waals surface area contributed by atoms with Gasteiger partial charge >= 0.3 is 17.5 Å². The molecule has 0 atom stereocenters. The molecule has 0 aliphatic carbocycles. The molecule has 0 aliphatic heterocycles. The fraction of sp³-hybridized carbons (Fsp3) is 0.222. The largest absolute Gasteiger partial charge is 0.405 e. The molecule has 0 aromatic carbocycles. The zero-order chi connectivity index (χ0) is 13.5.